The van der Waals surface area contributed by atoms with Crippen LogP contribution in [0.15, 0.2) is 84.9 Å². The molecule has 4 aromatic carbocycles. The molecular formula is C30H27ClN2O5. The monoisotopic (exact) mass is 530 g/mol. The molecule has 0 saturated carbocycles. The number of carbonyl (C=O) groups is 3. The lowest BCUT2D eigenvalue weighted by Gasteiger charge is -2.10. The normalized spacial score (nSPS) is 10.6. The lowest BCUT2D eigenvalue weighted by molar-refractivity contribution is -0.147. The number of fused-ring (bicyclic) bond motifs is 1. The predicted molar refractivity (Wildman–Crippen MR) is 149 cm³/mol. The molecular weight excluding hydrogens is 504 g/mol. The molecule has 0 saturated heterocycles. The first-order chi connectivity index (χ1) is 18.4. The topological polar surface area (TPSA) is 93.7 Å². The first kappa shape index (κ1) is 26.7. The lowest BCUT2D eigenvalue weighted by Crippen LogP contribution is -2.21. The molecule has 0 aliphatic rings. The number of anilines is 2. The SMILES string of the molecule is Cc1ccc(NC(=O)COC(=O)CCCC(=O)Nc2ccc(Oc3cccc4ccccc34)cc2)cc1Cl. The van der Waals surface area contributed by atoms with E-state index in [1.807, 2.05) is 49.4 Å². The number of hydrogen-bond acceptors (Lipinski definition) is 5. The molecule has 8 heteroatoms. The Morgan fingerprint density at radius 1 is 0.789 bits per heavy atom. The summed E-state index contributed by atoms with van der Waals surface area (Å²) in [6.07, 6.45) is 0.453. The van der Waals surface area contributed by atoms with Gasteiger partial charge in [0, 0.05) is 34.6 Å². The van der Waals surface area contributed by atoms with Crippen molar-refractivity contribution in [2.24, 2.45) is 0 Å². The van der Waals surface area contributed by atoms with Gasteiger partial charge in [-0.2, -0.15) is 0 Å². The highest BCUT2D eigenvalue weighted by Gasteiger charge is 2.11. The Balaban J connectivity index is 1.16. The van der Waals surface area contributed by atoms with Crippen molar-refractivity contribution in [1.29, 1.82) is 0 Å². The highest BCUT2D eigenvalue weighted by molar-refractivity contribution is 6.31. The van der Waals surface area contributed by atoms with Gasteiger partial charge in [0.05, 0.1) is 0 Å². The van der Waals surface area contributed by atoms with Gasteiger partial charge < -0.3 is 20.1 Å². The van der Waals surface area contributed by atoms with Crippen LogP contribution < -0.4 is 15.4 Å². The zero-order chi connectivity index (χ0) is 26.9. The Labute approximate surface area is 225 Å². The molecule has 4 aromatic rings. The van der Waals surface area contributed by atoms with Crippen molar-refractivity contribution in [1.82, 2.24) is 0 Å². The summed E-state index contributed by atoms with van der Waals surface area (Å²) in [6.45, 7) is 1.44. The van der Waals surface area contributed by atoms with Crippen molar-refractivity contribution in [3.05, 3.63) is 95.5 Å². The Hall–Kier alpha value is -4.36. The number of hydrogen-bond donors (Lipinski definition) is 2. The van der Waals surface area contributed by atoms with Crippen molar-refractivity contribution < 1.29 is 23.9 Å². The average molecular weight is 531 g/mol. The highest BCUT2D eigenvalue weighted by Crippen LogP contribution is 2.30. The van der Waals surface area contributed by atoms with E-state index in [0.717, 1.165) is 22.1 Å². The van der Waals surface area contributed by atoms with Crippen LogP contribution >= 0.6 is 11.6 Å². The lowest BCUT2D eigenvalue weighted by atomic mass is 10.1. The summed E-state index contributed by atoms with van der Waals surface area (Å²) in [5, 5.41) is 8.06. The summed E-state index contributed by atoms with van der Waals surface area (Å²) < 4.78 is 11.0. The second-order valence-electron chi connectivity index (χ2n) is 8.68. The fraction of sp³-hybridized carbons (Fsp3) is 0.167. The third-order valence-electron chi connectivity index (χ3n) is 5.72. The van der Waals surface area contributed by atoms with Crippen LogP contribution in [0.3, 0.4) is 0 Å². The maximum Gasteiger partial charge on any atom is 0.306 e. The number of halogens is 1. The Morgan fingerprint density at radius 2 is 1.50 bits per heavy atom. The largest absolute Gasteiger partial charge is 0.457 e. The number of amides is 2. The van der Waals surface area contributed by atoms with E-state index in [9.17, 15) is 14.4 Å². The molecule has 2 amide bonds. The van der Waals surface area contributed by atoms with Gasteiger partial charge in [-0.1, -0.05) is 54.1 Å². The second-order valence-corrected chi connectivity index (χ2v) is 9.09. The van der Waals surface area contributed by atoms with E-state index < -0.39 is 18.5 Å². The van der Waals surface area contributed by atoms with Gasteiger partial charge in [0.2, 0.25) is 5.91 Å². The van der Waals surface area contributed by atoms with Gasteiger partial charge in [-0.05, 0) is 66.8 Å². The molecule has 7 nitrogen and oxygen atoms in total. The molecule has 38 heavy (non-hydrogen) atoms. The van der Waals surface area contributed by atoms with Crippen LogP contribution in [0.1, 0.15) is 24.8 Å². The van der Waals surface area contributed by atoms with E-state index in [-0.39, 0.29) is 18.7 Å². The molecule has 0 aromatic heterocycles. The summed E-state index contributed by atoms with van der Waals surface area (Å²) in [5.41, 5.74) is 2.03. The van der Waals surface area contributed by atoms with Gasteiger partial charge in [0.25, 0.3) is 5.91 Å². The first-order valence-corrected chi connectivity index (χ1v) is 12.5. The Bertz CT molecular complexity index is 1450. The smallest absolute Gasteiger partial charge is 0.306 e. The van der Waals surface area contributed by atoms with Gasteiger partial charge in [-0.3, -0.25) is 14.4 Å². The summed E-state index contributed by atoms with van der Waals surface area (Å²) in [5.74, 6) is 0.156. The van der Waals surface area contributed by atoms with Crippen LogP contribution in [-0.2, 0) is 19.1 Å². The van der Waals surface area contributed by atoms with Crippen molar-refractivity contribution >= 4 is 51.5 Å². The maximum absolute atomic E-state index is 12.3. The minimum Gasteiger partial charge on any atom is -0.457 e. The van der Waals surface area contributed by atoms with Gasteiger partial charge in [0.15, 0.2) is 6.61 Å². The fourth-order valence-corrected chi connectivity index (χ4v) is 3.90. The molecule has 4 rings (SSSR count). The molecule has 2 N–H and O–H groups in total. The van der Waals surface area contributed by atoms with Gasteiger partial charge >= 0.3 is 5.97 Å². The van der Waals surface area contributed by atoms with Crippen LogP contribution in [0.2, 0.25) is 5.02 Å². The standard InChI is InChI=1S/C30H27ClN2O5/c1-20-12-13-23(18-26(20)31)33-29(35)19-37-30(36)11-5-10-28(34)32-22-14-16-24(17-15-22)38-27-9-4-7-21-6-2-3-8-25(21)27/h2-4,6-9,12-18H,5,10-11,19H2,1H3,(H,32,34)(H,33,35). The molecule has 0 aliphatic carbocycles. The van der Waals surface area contributed by atoms with Crippen LogP contribution in [-0.4, -0.2) is 24.4 Å². The Kier molecular flexibility index (Phi) is 8.95. The first-order valence-electron chi connectivity index (χ1n) is 12.1. The van der Waals surface area contributed by atoms with Crippen molar-refractivity contribution in [3.63, 3.8) is 0 Å². The van der Waals surface area contributed by atoms with Gasteiger partial charge in [-0.15, -0.1) is 0 Å². The van der Waals surface area contributed by atoms with Crippen LogP contribution in [0.25, 0.3) is 10.8 Å². The number of esters is 1. The zero-order valence-electron chi connectivity index (χ0n) is 20.8. The molecule has 194 valence electrons. The molecule has 0 bridgehead atoms. The molecule has 0 atom stereocenters. The average Bonchev–Trinajstić information content (AvgIpc) is 2.91. The summed E-state index contributed by atoms with van der Waals surface area (Å²) in [7, 11) is 0. The molecule has 0 aliphatic heterocycles. The molecule has 0 heterocycles. The van der Waals surface area contributed by atoms with E-state index in [1.165, 1.54) is 0 Å². The van der Waals surface area contributed by atoms with Crippen LogP contribution in [0, 0.1) is 6.92 Å². The Morgan fingerprint density at radius 3 is 2.29 bits per heavy atom. The van der Waals surface area contributed by atoms with Gasteiger partial charge in [-0.25, -0.2) is 0 Å². The number of carbonyl (C=O) groups excluding carboxylic acids is 3. The maximum atomic E-state index is 12.3. The number of nitrogens with one attached hydrogen (secondary N) is 2. The van der Waals surface area contributed by atoms with Crippen LogP contribution in [0.5, 0.6) is 11.5 Å². The third kappa shape index (κ3) is 7.57. The number of rotatable bonds is 10. The van der Waals surface area contributed by atoms with Crippen molar-refractivity contribution in [2.75, 3.05) is 17.2 Å². The van der Waals surface area contributed by atoms with Crippen LogP contribution in [0.4, 0.5) is 11.4 Å². The molecule has 0 fully saturated rings. The predicted octanol–water partition coefficient (Wildman–Crippen LogP) is 6.88. The number of ether oxygens (including phenoxy) is 2. The fourth-order valence-electron chi connectivity index (χ4n) is 3.72. The highest BCUT2D eigenvalue weighted by atomic mass is 35.5. The number of aryl methyl sites for hydroxylation is 1. The van der Waals surface area contributed by atoms with E-state index >= 15 is 0 Å². The molecule has 0 radical (unpaired) electrons. The second kappa shape index (κ2) is 12.7. The summed E-state index contributed by atoms with van der Waals surface area (Å²) >= 11 is 6.04. The quantitative estimate of drug-likeness (QED) is 0.218. The zero-order valence-corrected chi connectivity index (χ0v) is 21.6. The third-order valence-corrected chi connectivity index (χ3v) is 6.13. The van der Waals surface area contributed by atoms with E-state index in [1.54, 1.807) is 42.5 Å². The summed E-state index contributed by atoms with van der Waals surface area (Å²) in [6, 6.07) is 26.1. The molecule has 0 spiro atoms. The van der Waals surface area contributed by atoms with Crippen molar-refractivity contribution in [2.45, 2.75) is 26.2 Å². The summed E-state index contributed by atoms with van der Waals surface area (Å²) in [4.78, 5) is 36.2. The number of benzene rings is 4. The van der Waals surface area contributed by atoms with E-state index in [0.29, 0.717) is 28.6 Å². The molecule has 0 unspecified atom stereocenters. The van der Waals surface area contributed by atoms with E-state index in [2.05, 4.69) is 10.6 Å². The van der Waals surface area contributed by atoms with Crippen molar-refractivity contribution in [3.8, 4) is 11.5 Å². The minimum absolute atomic E-state index is 0.0227. The van der Waals surface area contributed by atoms with E-state index in [4.69, 9.17) is 21.1 Å². The van der Waals surface area contributed by atoms with Gasteiger partial charge in [0.1, 0.15) is 11.5 Å². The minimum atomic E-state index is -0.551.